The molecule has 0 bridgehead atoms. The van der Waals surface area contributed by atoms with Gasteiger partial charge in [0, 0.05) is 12.1 Å². The first kappa shape index (κ1) is 7.47. The van der Waals surface area contributed by atoms with Gasteiger partial charge in [0.15, 0.2) is 0 Å². The molecular formula is C8H8NO2+. The SMILES string of the molecule is O=C[N+](=CO)c1ccccc1. The van der Waals surface area contributed by atoms with Gasteiger partial charge in [-0.15, -0.1) is 0 Å². The molecule has 0 radical (unpaired) electrons. The number of benzene rings is 1. The van der Waals surface area contributed by atoms with Gasteiger partial charge in [0.1, 0.15) is 0 Å². The molecule has 1 N–H and O–H groups in total. The van der Waals surface area contributed by atoms with Gasteiger partial charge in [0.05, 0.1) is 0 Å². The van der Waals surface area contributed by atoms with E-state index >= 15 is 0 Å². The largest absolute Gasteiger partial charge is 0.465 e. The van der Waals surface area contributed by atoms with Gasteiger partial charge in [-0.05, 0) is 0 Å². The zero-order chi connectivity index (χ0) is 8.10. The highest BCUT2D eigenvalue weighted by Crippen LogP contribution is 2.06. The van der Waals surface area contributed by atoms with E-state index in [2.05, 4.69) is 0 Å². The van der Waals surface area contributed by atoms with Crippen molar-refractivity contribution >= 4 is 18.5 Å². The monoisotopic (exact) mass is 150 g/mol. The van der Waals surface area contributed by atoms with Gasteiger partial charge in [-0.2, -0.15) is 0 Å². The zero-order valence-corrected chi connectivity index (χ0v) is 5.84. The fourth-order valence-corrected chi connectivity index (χ4v) is 0.755. The minimum atomic E-state index is 0.537. The van der Waals surface area contributed by atoms with Gasteiger partial charge >= 0.3 is 12.8 Å². The first-order valence-electron chi connectivity index (χ1n) is 3.14. The number of hydrogen-bond acceptors (Lipinski definition) is 1. The minimum Gasteiger partial charge on any atom is -0.465 e. The van der Waals surface area contributed by atoms with Crippen molar-refractivity contribution in [2.24, 2.45) is 0 Å². The van der Waals surface area contributed by atoms with Gasteiger partial charge in [-0.1, -0.05) is 22.8 Å². The predicted octanol–water partition coefficient (Wildman–Crippen LogP) is 1.07. The summed E-state index contributed by atoms with van der Waals surface area (Å²) in [5, 5.41) is 8.55. The Hall–Kier alpha value is -1.64. The Morgan fingerprint density at radius 3 is 2.36 bits per heavy atom. The van der Waals surface area contributed by atoms with E-state index in [0.29, 0.717) is 12.1 Å². The first-order valence-corrected chi connectivity index (χ1v) is 3.14. The molecule has 0 atom stereocenters. The lowest BCUT2D eigenvalue weighted by Gasteiger charge is -1.88. The minimum absolute atomic E-state index is 0.537. The van der Waals surface area contributed by atoms with Gasteiger partial charge in [-0.25, -0.2) is 4.79 Å². The van der Waals surface area contributed by atoms with Crippen LogP contribution in [0, 0.1) is 0 Å². The molecule has 0 aromatic heterocycles. The molecule has 3 heteroatoms. The molecule has 0 fully saturated rings. The first-order chi connectivity index (χ1) is 5.38. The van der Waals surface area contributed by atoms with Crippen LogP contribution in [0.25, 0.3) is 0 Å². The fourth-order valence-electron chi connectivity index (χ4n) is 0.755. The van der Waals surface area contributed by atoms with Crippen LogP contribution in [0.2, 0.25) is 0 Å². The van der Waals surface area contributed by atoms with Crippen molar-refractivity contribution in [3.05, 3.63) is 30.3 Å². The molecule has 0 aliphatic rings. The third-order valence-electron chi connectivity index (χ3n) is 1.29. The number of nitrogens with zero attached hydrogens (tertiary/aromatic N) is 1. The quantitative estimate of drug-likeness (QED) is 0.296. The Balaban J connectivity index is 3.01. The van der Waals surface area contributed by atoms with E-state index in [-0.39, 0.29) is 0 Å². The number of carbonyl (C=O) groups is 1. The van der Waals surface area contributed by atoms with Gasteiger partial charge in [-0.3, -0.25) is 0 Å². The fraction of sp³-hybridized carbons (Fsp3) is 0. The highest BCUT2D eigenvalue weighted by molar-refractivity contribution is 5.54. The lowest BCUT2D eigenvalue weighted by Crippen LogP contribution is -2.02. The molecule has 0 saturated heterocycles. The van der Waals surface area contributed by atoms with Crippen molar-refractivity contribution in [1.29, 1.82) is 0 Å². The molecule has 11 heavy (non-hydrogen) atoms. The van der Waals surface area contributed by atoms with Crippen LogP contribution in [-0.2, 0) is 4.79 Å². The van der Waals surface area contributed by atoms with Crippen molar-refractivity contribution in [3.63, 3.8) is 0 Å². The molecule has 1 aromatic rings. The Bertz CT molecular complexity index is 267. The van der Waals surface area contributed by atoms with E-state index in [4.69, 9.17) is 5.11 Å². The second kappa shape index (κ2) is 3.51. The van der Waals surface area contributed by atoms with E-state index in [0.717, 1.165) is 11.0 Å². The summed E-state index contributed by atoms with van der Waals surface area (Å²) in [6.07, 6.45) is 1.26. The average Bonchev–Trinajstić information content (AvgIpc) is 2.09. The summed E-state index contributed by atoms with van der Waals surface area (Å²) in [6, 6.07) is 8.86. The normalized spacial score (nSPS) is 11.1. The third-order valence-corrected chi connectivity index (χ3v) is 1.29. The summed E-state index contributed by atoms with van der Waals surface area (Å²) in [5.41, 5.74) is 0.644. The molecule has 1 amide bonds. The number of amides is 1. The van der Waals surface area contributed by atoms with Crippen LogP contribution < -0.4 is 0 Å². The van der Waals surface area contributed by atoms with Crippen LogP contribution in [0.5, 0.6) is 0 Å². The molecule has 0 unspecified atom stereocenters. The highest BCUT2D eigenvalue weighted by atomic mass is 16.3. The summed E-state index contributed by atoms with van der Waals surface area (Å²) in [7, 11) is 0. The highest BCUT2D eigenvalue weighted by Gasteiger charge is 2.04. The van der Waals surface area contributed by atoms with Crippen LogP contribution in [0.3, 0.4) is 0 Å². The van der Waals surface area contributed by atoms with E-state index in [1.807, 2.05) is 6.07 Å². The second-order valence-electron chi connectivity index (χ2n) is 1.96. The lowest BCUT2D eigenvalue weighted by atomic mass is 10.3. The van der Waals surface area contributed by atoms with Crippen LogP contribution in [0.4, 0.5) is 5.69 Å². The Morgan fingerprint density at radius 1 is 1.27 bits per heavy atom. The van der Waals surface area contributed by atoms with E-state index < -0.39 is 0 Å². The lowest BCUT2D eigenvalue weighted by molar-refractivity contribution is -0.351. The second-order valence-corrected chi connectivity index (χ2v) is 1.96. The summed E-state index contributed by atoms with van der Waals surface area (Å²) >= 11 is 0. The van der Waals surface area contributed by atoms with Gasteiger partial charge in [0.2, 0.25) is 5.69 Å². The smallest absolute Gasteiger partial charge is 0.383 e. The number of aliphatic hydroxyl groups excluding tert-OH is 1. The van der Waals surface area contributed by atoms with Crippen LogP contribution in [0.15, 0.2) is 30.3 Å². The van der Waals surface area contributed by atoms with Crippen molar-refractivity contribution in [2.45, 2.75) is 0 Å². The van der Waals surface area contributed by atoms with E-state index in [9.17, 15) is 4.79 Å². The molecule has 56 valence electrons. The van der Waals surface area contributed by atoms with Crippen LogP contribution in [0.1, 0.15) is 0 Å². The number of rotatable bonds is 2. The molecule has 0 saturated carbocycles. The molecule has 0 aliphatic heterocycles. The maximum atomic E-state index is 10.3. The summed E-state index contributed by atoms with van der Waals surface area (Å²) in [4.78, 5) is 10.3. The number of hydrogen-bond donors (Lipinski definition) is 1. The molecule has 1 rings (SSSR count). The molecular weight excluding hydrogens is 142 g/mol. The van der Waals surface area contributed by atoms with E-state index in [1.54, 1.807) is 24.3 Å². The molecule has 0 heterocycles. The maximum absolute atomic E-state index is 10.3. The van der Waals surface area contributed by atoms with Crippen molar-refractivity contribution < 1.29 is 14.5 Å². The number of aliphatic hydroxyl groups is 1. The van der Waals surface area contributed by atoms with Gasteiger partial charge in [0.25, 0.3) is 0 Å². The van der Waals surface area contributed by atoms with Crippen molar-refractivity contribution in [2.75, 3.05) is 0 Å². The summed E-state index contributed by atoms with van der Waals surface area (Å²) in [6.45, 7) is 0. The third kappa shape index (κ3) is 1.64. The molecule has 0 spiro atoms. The average molecular weight is 150 g/mol. The zero-order valence-electron chi connectivity index (χ0n) is 5.84. The Labute approximate surface area is 64.2 Å². The predicted molar refractivity (Wildman–Crippen MR) is 41.1 cm³/mol. The number of carbonyl (C=O) groups excluding carboxylic acids is 1. The Morgan fingerprint density at radius 2 is 1.91 bits per heavy atom. The molecule has 0 aliphatic carbocycles. The van der Waals surface area contributed by atoms with Crippen LogP contribution >= 0.6 is 0 Å². The molecule has 3 nitrogen and oxygen atoms in total. The van der Waals surface area contributed by atoms with Gasteiger partial charge < -0.3 is 5.11 Å². The van der Waals surface area contributed by atoms with Crippen LogP contribution in [-0.4, -0.2) is 22.5 Å². The maximum Gasteiger partial charge on any atom is 0.383 e. The van der Waals surface area contributed by atoms with Crippen molar-refractivity contribution in [3.8, 4) is 0 Å². The molecule has 1 aromatic carbocycles. The number of para-hydroxylation sites is 1. The summed E-state index contributed by atoms with van der Waals surface area (Å²) in [5.74, 6) is 0. The standard InChI is InChI=1S/C8H7NO2/c10-6-9(7-11)8-4-2-1-3-5-8/h1-7H/p+1. The topological polar surface area (TPSA) is 40.3 Å². The summed E-state index contributed by atoms with van der Waals surface area (Å²) < 4.78 is 1.08. The van der Waals surface area contributed by atoms with Crippen molar-refractivity contribution in [1.82, 2.24) is 0 Å². The Kier molecular flexibility index (Phi) is 2.38. The van der Waals surface area contributed by atoms with E-state index in [1.165, 1.54) is 0 Å².